The number of carbonyl (C=O) groups is 5. The highest BCUT2D eigenvalue weighted by Crippen LogP contribution is 2.54. The lowest BCUT2D eigenvalue weighted by atomic mass is 9.76. The van der Waals surface area contributed by atoms with Crippen LogP contribution >= 0.6 is 0 Å². The van der Waals surface area contributed by atoms with Crippen LogP contribution in [0.3, 0.4) is 0 Å². The molecule has 2 fully saturated rings. The van der Waals surface area contributed by atoms with E-state index < -0.39 is 53.1 Å². The molecule has 3 aliphatic heterocycles. The van der Waals surface area contributed by atoms with Crippen LogP contribution in [0.25, 0.3) is 0 Å². The molecule has 5 rings (SSSR count). The highest BCUT2D eigenvalue weighted by atomic mass is 16.5. The fourth-order valence-corrected chi connectivity index (χ4v) is 5.37. The lowest BCUT2D eigenvalue weighted by Crippen LogP contribution is -2.53. The van der Waals surface area contributed by atoms with E-state index in [2.05, 4.69) is 10.6 Å². The predicted molar refractivity (Wildman–Crippen MR) is 118 cm³/mol. The van der Waals surface area contributed by atoms with E-state index in [1.54, 1.807) is 24.3 Å². The van der Waals surface area contributed by atoms with Crippen molar-refractivity contribution in [3.05, 3.63) is 54.1 Å². The van der Waals surface area contributed by atoms with Gasteiger partial charge in [-0.1, -0.05) is 18.2 Å². The Bertz CT molecular complexity index is 1240. The standard InChI is InChI=1S/C24H21N3O7/c1-12(28)34-14-8-6-13(7-9-14)27-21(31)19-17(10-11-18(29)30)26-24(20(19)22(27)32)15-4-2-3-5-16(15)25-23(24)33/h2-9,17,19-20,26H,10-11H2,1H3,(H,25,33)(H,29,30). The second kappa shape index (κ2) is 7.77. The molecule has 0 saturated carbocycles. The average Bonchev–Trinajstić information content (AvgIpc) is 3.37. The summed E-state index contributed by atoms with van der Waals surface area (Å²) in [5.74, 6) is -4.75. The smallest absolute Gasteiger partial charge is 0.308 e. The van der Waals surface area contributed by atoms with Crippen LogP contribution in [-0.4, -0.2) is 40.8 Å². The second-order valence-corrected chi connectivity index (χ2v) is 8.59. The van der Waals surface area contributed by atoms with Crippen LogP contribution in [0.5, 0.6) is 5.75 Å². The summed E-state index contributed by atoms with van der Waals surface area (Å²) in [6.07, 6.45) is -0.148. The minimum atomic E-state index is -1.48. The number of aliphatic carboxylic acids is 1. The molecule has 3 aliphatic rings. The monoisotopic (exact) mass is 463 g/mol. The summed E-state index contributed by atoms with van der Waals surface area (Å²) in [5, 5.41) is 15.2. The number of esters is 1. The number of carboxylic acids is 1. The quantitative estimate of drug-likeness (QED) is 0.343. The summed E-state index contributed by atoms with van der Waals surface area (Å²) < 4.78 is 5.01. The number of imide groups is 1. The minimum absolute atomic E-state index is 0.0753. The third kappa shape index (κ3) is 3.10. The van der Waals surface area contributed by atoms with Gasteiger partial charge < -0.3 is 15.2 Å². The van der Waals surface area contributed by atoms with Crippen LogP contribution < -0.4 is 20.3 Å². The number of nitrogens with zero attached hydrogens (tertiary/aromatic N) is 1. The number of anilines is 2. The molecule has 1 spiro atoms. The number of fused-ring (bicyclic) bond motifs is 4. The van der Waals surface area contributed by atoms with Crippen molar-refractivity contribution >= 4 is 41.0 Å². The zero-order valence-corrected chi connectivity index (χ0v) is 18.1. The lowest BCUT2D eigenvalue weighted by Gasteiger charge is -2.29. The molecule has 10 heteroatoms. The van der Waals surface area contributed by atoms with Gasteiger partial charge in [-0.25, -0.2) is 4.90 Å². The van der Waals surface area contributed by atoms with Gasteiger partial charge in [0.15, 0.2) is 0 Å². The highest BCUT2D eigenvalue weighted by Gasteiger charge is 2.70. The van der Waals surface area contributed by atoms with Crippen molar-refractivity contribution in [3.63, 3.8) is 0 Å². The first-order chi connectivity index (χ1) is 16.2. The Morgan fingerprint density at radius 1 is 1.06 bits per heavy atom. The zero-order chi connectivity index (χ0) is 24.2. The van der Waals surface area contributed by atoms with Crippen molar-refractivity contribution < 1.29 is 33.8 Å². The maximum absolute atomic E-state index is 13.7. The topological polar surface area (TPSA) is 142 Å². The largest absolute Gasteiger partial charge is 0.481 e. The van der Waals surface area contributed by atoms with E-state index in [4.69, 9.17) is 4.74 Å². The SMILES string of the molecule is CC(=O)Oc1ccc(N2C(=O)C3C(CCC(=O)O)NC4(C(=O)Nc5ccccc54)C3C2=O)cc1. The van der Waals surface area contributed by atoms with Crippen molar-refractivity contribution in [1.82, 2.24) is 5.32 Å². The molecule has 0 aliphatic carbocycles. The summed E-state index contributed by atoms with van der Waals surface area (Å²) in [6.45, 7) is 1.26. The maximum atomic E-state index is 13.7. The first-order valence-corrected chi connectivity index (χ1v) is 10.8. The molecule has 2 aromatic rings. The Labute approximate surface area is 193 Å². The minimum Gasteiger partial charge on any atom is -0.481 e. The van der Waals surface area contributed by atoms with Gasteiger partial charge in [-0.3, -0.25) is 29.3 Å². The van der Waals surface area contributed by atoms with Crippen LogP contribution in [0, 0.1) is 11.8 Å². The summed E-state index contributed by atoms with van der Waals surface area (Å²) in [6, 6.07) is 12.2. The number of rotatable bonds is 5. The molecule has 4 unspecified atom stereocenters. The Hall–Kier alpha value is -4.05. The first kappa shape index (κ1) is 21.8. The third-order valence-corrected chi connectivity index (χ3v) is 6.65. The molecule has 3 N–H and O–H groups in total. The van der Waals surface area contributed by atoms with Crippen LogP contribution in [-0.2, 0) is 29.5 Å². The van der Waals surface area contributed by atoms with Crippen LogP contribution in [0.1, 0.15) is 25.3 Å². The third-order valence-electron chi connectivity index (χ3n) is 6.65. The molecule has 0 bridgehead atoms. The van der Waals surface area contributed by atoms with E-state index in [9.17, 15) is 29.1 Å². The van der Waals surface area contributed by atoms with Gasteiger partial charge in [0.2, 0.25) is 17.7 Å². The molecule has 0 radical (unpaired) electrons. The van der Waals surface area contributed by atoms with E-state index >= 15 is 0 Å². The Kier molecular flexibility index (Phi) is 4.98. The Morgan fingerprint density at radius 2 is 1.76 bits per heavy atom. The molecule has 3 amide bonds. The lowest BCUT2D eigenvalue weighted by molar-refractivity contribution is -0.137. The van der Waals surface area contributed by atoms with Crippen molar-refractivity contribution in [2.75, 3.05) is 10.2 Å². The number of ether oxygens (including phenoxy) is 1. The van der Waals surface area contributed by atoms with E-state index in [0.29, 0.717) is 11.3 Å². The van der Waals surface area contributed by atoms with Gasteiger partial charge >= 0.3 is 11.9 Å². The maximum Gasteiger partial charge on any atom is 0.308 e. The predicted octanol–water partition coefficient (Wildman–Crippen LogP) is 1.40. The number of amides is 3. The zero-order valence-electron chi connectivity index (χ0n) is 18.1. The fraction of sp³-hybridized carbons (Fsp3) is 0.292. The van der Waals surface area contributed by atoms with Gasteiger partial charge in [0.1, 0.15) is 11.3 Å². The number of para-hydroxylation sites is 1. The van der Waals surface area contributed by atoms with E-state index in [1.165, 1.54) is 31.2 Å². The molecule has 3 heterocycles. The Morgan fingerprint density at radius 3 is 2.44 bits per heavy atom. The van der Waals surface area contributed by atoms with Gasteiger partial charge in [-0.2, -0.15) is 0 Å². The van der Waals surface area contributed by atoms with Gasteiger partial charge in [0, 0.05) is 30.6 Å². The molecule has 10 nitrogen and oxygen atoms in total. The Balaban J connectivity index is 1.57. The van der Waals surface area contributed by atoms with Crippen molar-refractivity contribution in [2.45, 2.75) is 31.3 Å². The number of nitrogens with one attached hydrogen (secondary N) is 2. The molecule has 34 heavy (non-hydrogen) atoms. The van der Waals surface area contributed by atoms with E-state index in [0.717, 1.165) is 4.90 Å². The van der Waals surface area contributed by atoms with Crippen molar-refractivity contribution in [2.24, 2.45) is 11.8 Å². The number of benzene rings is 2. The van der Waals surface area contributed by atoms with Crippen molar-refractivity contribution in [3.8, 4) is 5.75 Å². The molecular formula is C24H21N3O7. The second-order valence-electron chi connectivity index (χ2n) is 8.59. The first-order valence-electron chi connectivity index (χ1n) is 10.8. The van der Waals surface area contributed by atoms with Crippen LogP contribution in [0.4, 0.5) is 11.4 Å². The van der Waals surface area contributed by atoms with Gasteiger partial charge in [-0.05, 0) is 36.8 Å². The molecule has 2 aromatic carbocycles. The number of carbonyl (C=O) groups excluding carboxylic acids is 4. The summed E-state index contributed by atoms with van der Waals surface area (Å²) in [4.78, 5) is 64.1. The number of hydrogen-bond donors (Lipinski definition) is 3. The fourth-order valence-electron chi connectivity index (χ4n) is 5.37. The number of carboxylic acid groups (broad SMARTS) is 1. The highest BCUT2D eigenvalue weighted by molar-refractivity contribution is 6.25. The number of hydrogen-bond acceptors (Lipinski definition) is 7. The molecule has 174 valence electrons. The van der Waals surface area contributed by atoms with E-state index in [-0.39, 0.29) is 24.3 Å². The summed E-state index contributed by atoms with van der Waals surface area (Å²) in [7, 11) is 0. The molecular weight excluding hydrogens is 442 g/mol. The summed E-state index contributed by atoms with van der Waals surface area (Å²) in [5.41, 5.74) is -0.105. The van der Waals surface area contributed by atoms with Gasteiger partial charge in [-0.15, -0.1) is 0 Å². The van der Waals surface area contributed by atoms with Crippen molar-refractivity contribution in [1.29, 1.82) is 0 Å². The van der Waals surface area contributed by atoms with Crippen LogP contribution in [0.2, 0.25) is 0 Å². The van der Waals surface area contributed by atoms with Crippen LogP contribution in [0.15, 0.2) is 48.5 Å². The van der Waals surface area contributed by atoms with Gasteiger partial charge in [0.25, 0.3) is 0 Å². The molecule has 0 aromatic heterocycles. The molecule has 4 atom stereocenters. The average molecular weight is 463 g/mol. The van der Waals surface area contributed by atoms with E-state index in [1.807, 2.05) is 0 Å². The molecule has 2 saturated heterocycles. The summed E-state index contributed by atoms with van der Waals surface area (Å²) >= 11 is 0. The van der Waals surface area contributed by atoms with Gasteiger partial charge in [0.05, 0.1) is 17.5 Å². The normalized spacial score (nSPS) is 27.0.